The Kier molecular flexibility index (Phi) is 6.85. The van der Waals surface area contributed by atoms with Crippen LogP contribution < -0.4 is 16.4 Å². The maximum Gasteiger partial charge on any atom is 0.191 e. The van der Waals surface area contributed by atoms with Gasteiger partial charge in [-0.05, 0) is 56.9 Å². The lowest BCUT2D eigenvalue weighted by molar-refractivity contribution is 0.627. The van der Waals surface area contributed by atoms with Crippen LogP contribution in [-0.4, -0.2) is 34.9 Å². The van der Waals surface area contributed by atoms with Crippen LogP contribution in [0.15, 0.2) is 41.4 Å². The van der Waals surface area contributed by atoms with Crippen molar-refractivity contribution in [2.24, 2.45) is 4.99 Å². The number of benzene rings is 1. The number of rotatable bonds is 7. The Morgan fingerprint density at radius 2 is 2.07 bits per heavy atom. The fourth-order valence-corrected chi connectivity index (χ4v) is 3.24. The van der Waals surface area contributed by atoms with Gasteiger partial charge in [0.15, 0.2) is 5.96 Å². The van der Waals surface area contributed by atoms with Crippen LogP contribution in [0.1, 0.15) is 37.4 Å². The summed E-state index contributed by atoms with van der Waals surface area (Å²) in [5, 5.41) is 20.6. The minimum Gasteiger partial charge on any atom is -0.382 e. The molecule has 0 spiro atoms. The fraction of sp³-hybridized carbons (Fsp3) is 0.381. The first-order chi connectivity index (χ1) is 14.1. The van der Waals surface area contributed by atoms with Crippen molar-refractivity contribution in [3.63, 3.8) is 0 Å². The van der Waals surface area contributed by atoms with E-state index >= 15 is 0 Å². The van der Waals surface area contributed by atoms with Crippen molar-refractivity contribution in [3.8, 4) is 11.8 Å². The maximum absolute atomic E-state index is 13.2. The number of nitrogen functional groups attached to an aromatic ring is 1. The van der Waals surface area contributed by atoms with Crippen LogP contribution in [-0.2, 0) is 6.42 Å². The van der Waals surface area contributed by atoms with Gasteiger partial charge in [-0.1, -0.05) is 12.2 Å². The minimum atomic E-state index is -0.337. The van der Waals surface area contributed by atoms with E-state index in [4.69, 9.17) is 5.73 Å². The lowest BCUT2D eigenvalue weighted by Crippen LogP contribution is -2.42. The molecule has 1 aliphatic rings. The molecule has 1 aromatic carbocycles. The zero-order valence-electron chi connectivity index (χ0n) is 16.5. The van der Waals surface area contributed by atoms with Crippen molar-refractivity contribution in [1.82, 2.24) is 20.4 Å². The van der Waals surface area contributed by atoms with Gasteiger partial charge < -0.3 is 16.4 Å². The van der Waals surface area contributed by atoms with Crippen molar-refractivity contribution in [2.75, 3.05) is 18.8 Å². The van der Waals surface area contributed by atoms with Crippen LogP contribution in [0.3, 0.4) is 0 Å². The van der Waals surface area contributed by atoms with E-state index in [9.17, 15) is 9.65 Å². The molecule has 8 heteroatoms. The van der Waals surface area contributed by atoms with E-state index in [0.29, 0.717) is 36.0 Å². The normalized spacial score (nSPS) is 14.2. The summed E-state index contributed by atoms with van der Waals surface area (Å²) in [6, 6.07) is 8.37. The number of aromatic nitrogens is 2. The molecule has 0 saturated heterocycles. The first kappa shape index (κ1) is 20.4. The van der Waals surface area contributed by atoms with E-state index < -0.39 is 0 Å². The fourth-order valence-electron chi connectivity index (χ4n) is 3.24. The molecule has 0 amide bonds. The van der Waals surface area contributed by atoms with Crippen LogP contribution in [0.5, 0.6) is 0 Å². The van der Waals surface area contributed by atoms with E-state index in [-0.39, 0.29) is 11.6 Å². The molecule has 7 nitrogen and oxygen atoms in total. The average molecular weight is 395 g/mol. The summed E-state index contributed by atoms with van der Waals surface area (Å²) >= 11 is 0. The molecule has 1 heterocycles. The van der Waals surface area contributed by atoms with Gasteiger partial charge >= 0.3 is 0 Å². The smallest absolute Gasteiger partial charge is 0.191 e. The Morgan fingerprint density at radius 1 is 1.34 bits per heavy atom. The quantitative estimate of drug-likeness (QED) is 0.289. The van der Waals surface area contributed by atoms with E-state index in [1.165, 1.54) is 16.8 Å². The molecular weight excluding hydrogens is 369 g/mol. The first-order valence-corrected chi connectivity index (χ1v) is 9.85. The van der Waals surface area contributed by atoms with Crippen LogP contribution >= 0.6 is 0 Å². The van der Waals surface area contributed by atoms with Gasteiger partial charge in [0.05, 0.1) is 11.4 Å². The van der Waals surface area contributed by atoms with Crippen molar-refractivity contribution < 1.29 is 4.39 Å². The molecule has 0 saturated carbocycles. The highest BCUT2D eigenvalue weighted by Gasteiger charge is 2.16. The van der Waals surface area contributed by atoms with Gasteiger partial charge in [-0.2, -0.15) is 10.4 Å². The molecule has 1 aliphatic carbocycles. The second-order valence-electron chi connectivity index (χ2n) is 6.86. The molecule has 1 aromatic heterocycles. The molecule has 0 unspecified atom stereocenters. The number of nitrogens with one attached hydrogen (secondary N) is 2. The molecule has 152 valence electrons. The summed E-state index contributed by atoms with van der Waals surface area (Å²) in [6.07, 6.45) is 7.67. The van der Waals surface area contributed by atoms with Gasteiger partial charge in [-0.3, -0.25) is 4.99 Å². The average Bonchev–Trinajstić information content (AvgIpc) is 3.33. The monoisotopic (exact) mass is 395 g/mol. The van der Waals surface area contributed by atoms with Gasteiger partial charge in [0.2, 0.25) is 0 Å². The number of nitriles is 1. The molecule has 0 radical (unpaired) electrons. The number of aryl methyl sites for hydroxylation is 1. The molecular formula is C21H26FN7. The van der Waals surface area contributed by atoms with Crippen molar-refractivity contribution in [2.45, 2.75) is 38.6 Å². The Bertz CT molecular complexity index is 914. The molecule has 0 bridgehead atoms. The standard InChI is InChI=1S/C21H26FN7/c1-2-25-21(27-16-6-3-4-7-16)26-13-5-8-19-18(14-23)20(24)29(28-19)17-11-9-15(22)10-12-17/h3-4,9-12,16H,2,5-8,13,24H2,1H3,(H2,25,26,27). The highest BCUT2D eigenvalue weighted by molar-refractivity contribution is 5.80. The second-order valence-corrected chi connectivity index (χ2v) is 6.86. The van der Waals surface area contributed by atoms with E-state index in [0.717, 1.165) is 31.8 Å². The Morgan fingerprint density at radius 3 is 2.72 bits per heavy atom. The van der Waals surface area contributed by atoms with Crippen LogP contribution in [0.25, 0.3) is 5.69 Å². The molecule has 4 N–H and O–H groups in total. The number of guanidine groups is 1. The van der Waals surface area contributed by atoms with Crippen molar-refractivity contribution in [3.05, 3.63) is 53.5 Å². The van der Waals surface area contributed by atoms with Gasteiger partial charge in [-0.15, -0.1) is 0 Å². The summed E-state index contributed by atoms with van der Waals surface area (Å²) in [7, 11) is 0. The van der Waals surface area contributed by atoms with Crippen LogP contribution in [0.4, 0.5) is 10.2 Å². The van der Waals surface area contributed by atoms with Gasteiger partial charge in [0.25, 0.3) is 0 Å². The number of nitrogens with two attached hydrogens (primary N) is 1. The summed E-state index contributed by atoms with van der Waals surface area (Å²) in [5.74, 6) is 0.732. The highest BCUT2D eigenvalue weighted by atomic mass is 19.1. The van der Waals surface area contributed by atoms with E-state index in [2.05, 4.69) is 38.9 Å². The number of hydrogen-bond donors (Lipinski definition) is 3. The molecule has 0 aliphatic heterocycles. The van der Waals surface area contributed by atoms with E-state index in [1.807, 2.05) is 6.92 Å². The summed E-state index contributed by atoms with van der Waals surface area (Å²) in [4.78, 5) is 4.62. The topological polar surface area (TPSA) is 104 Å². The summed E-state index contributed by atoms with van der Waals surface area (Å²) in [5.41, 5.74) is 7.71. The van der Waals surface area contributed by atoms with Gasteiger partial charge in [0.1, 0.15) is 23.3 Å². The maximum atomic E-state index is 13.2. The lowest BCUT2D eigenvalue weighted by atomic mass is 10.1. The SMILES string of the molecule is CCNC(=NCCCc1nn(-c2ccc(F)cc2)c(N)c1C#N)NC1CC=CC1. The number of hydrogen-bond acceptors (Lipinski definition) is 4. The third kappa shape index (κ3) is 5.13. The second kappa shape index (κ2) is 9.73. The third-order valence-electron chi connectivity index (χ3n) is 4.71. The summed E-state index contributed by atoms with van der Waals surface area (Å²) < 4.78 is 14.6. The van der Waals surface area contributed by atoms with Crippen LogP contribution in [0.2, 0.25) is 0 Å². The van der Waals surface area contributed by atoms with Crippen LogP contribution in [0, 0.1) is 17.1 Å². The minimum absolute atomic E-state index is 0.265. The largest absolute Gasteiger partial charge is 0.382 e. The first-order valence-electron chi connectivity index (χ1n) is 9.85. The predicted molar refractivity (Wildman–Crippen MR) is 112 cm³/mol. The van der Waals surface area contributed by atoms with Gasteiger partial charge in [0, 0.05) is 19.1 Å². The lowest BCUT2D eigenvalue weighted by Gasteiger charge is -2.16. The van der Waals surface area contributed by atoms with Crippen molar-refractivity contribution in [1.29, 1.82) is 5.26 Å². The Labute approximate surface area is 170 Å². The van der Waals surface area contributed by atoms with Crippen molar-refractivity contribution >= 4 is 11.8 Å². The molecule has 0 fully saturated rings. The Balaban J connectivity index is 1.64. The summed E-state index contributed by atoms with van der Waals surface area (Å²) in [6.45, 7) is 3.43. The number of aliphatic imine (C=N–C) groups is 1. The number of anilines is 1. The van der Waals surface area contributed by atoms with E-state index in [1.54, 1.807) is 12.1 Å². The molecule has 0 atom stereocenters. The predicted octanol–water partition coefficient (Wildman–Crippen LogP) is 2.67. The Hall–Kier alpha value is -3.34. The highest BCUT2D eigenvalue weighted by Crippen LogP contribution is 2.21. The molecule has 2 aromatic rings. The number of nitrogens with zero attached hydrogens (tertiary/aromatic N) is 4. The molecule has 29 heavy (non-hydrogen) atoms. The zero-order valence-corrected chi connectivity index (χ0v) is 16.5. The van der Waals surface area contributed by atoms with Gasteiger partial charge in [-0.25, -0.2) is 9.07 Å². The number of halogens is 1. The zero-order chi connectivity index (χ0) is 20.6. The molecule has 3 rings (SSSR count). The third-order valence-corrected chi connectivity index (χ3v) is 4.71.